The number of aromatic nitrogens is 3. The van der Waals surface area contributed by atoms with Crippen LogP contribution in [0.4, 0.5) is 5.69 Å². The van der Waals surface area contributed by atoms with Gasteiger partial charge in [0, 0.05) is 49.2 Å². The molecule has 1 saturated heterocycles. The van der Waals surface area contributed by atoms with Gasteiger partial charge in [-0.15, -0.1) is 0 Å². The highest BCUT2D eigenvalue weighted by atomic mass is 32.2. The number of rotatable bonds is 3. The minimum atomic E-state index is -3.17. The normalized spacial score (nSPS) is 18.3. The molecule has 9 nitrogen and oxygen atoms in total. The van der Waals surface area contributed by atoms with E-state index in [1.165, 1.54) is 6.26 Å². The Labute approximate surface area is 179 Å². The quantitative estimate of drug-likeness (QED) is 0.665. The van der Waals surface area contributed by atoms with E-state index < -0.39 is 15.1 Å². The van der Waals surface area contributed by atoms with Gasteiger partial charge >= 0.3 is 0 Å². The van der Waals surface area contributed by atoms with Crippen molar-refractivity contribution in [1.82, 2.24) is 19.7 Å². The van der Waals surface area contributed by atoms with Crippen molar-refractivity contribution in [1.29, 1.82) is 0 Å². The Hall–Kier alpha value is -3.27. The van der Waals surface area contributed by atoms with Gasteiger partial charge in [-0.05, 0) is 30.7 Å². The van der Waals surface area contributed by atoms with E-state index in [0.29, 0.717) is 25.2 Å². The summed E-state index contributed by atoms with van der Waals surface area (Å²) in [4.78, 5) is 23.6. The van der Waals surface area contributed by atoms with Crippen LogP contribution >= 0.6 is 0 Å². The molecule has 1 amide bonds. The average molecular weight is 439 g/mol. The molecule has 3 aromatic rings. The fourth-order valence-electron chi connectivity index (χ4n) is 4.16. The maximum absolute atomic E-state index is 13.1. The van der Waals surface area contributed by atoms with Crippen LogP contribution in [-0.4, -0.2) is 64.4 Å². The first-order chi connectivity index (χ1) is 14.8. The number of anilines is 1. The number of nitrogens with zero attached hydrogens (tertiary/aromatic N) is 5. The lowest BCUT2D eigenvalue weighted by atomic mass is 10.1. The topological polar surface area (TPSA) is 110 Å². The lowest BCUT2D eigenvalue weighted by molar-refractivity contribution is 0.0788. The van der Waals surface area contributed by atoms with Crippen molar-refractivity contribution in [3.8, 4) is 0 Å². The van der Waals surface area contributed by atoms with Gasteiger partial charge in [0.25, 0.3) is 5.91 Å². The summed E-state index contributed by atoms with van der Waals surface area (Å²) in [6, 6.07) is 9.57. The molecule has 0 bridgehead atoms. The van der Waals surface area contributed by atoms with E-state index in [0.717, 1.165) is 33.7 Å². The molecule has 0 aliphatic carbocycles. The zero-order chi connectivity index (χ0) is 21.8. The molecule has 1 aromatic carbocycles. The Morgan fingerprint density at radius 1 is 1.26 bits per heavy atom. The maximum Gasteiger partial charge on any atom is 0.275 e. The summed E-state index contributed by atoms with van der Waals surface area (Å²) in [6.45, 7) is 1.23. The van der Waals surface area contributed by atoms with E-state index in [9.17, 15) is 13.2 Å². The molecule has 1 unspecified atom stereocenters. The number of sulfone groups is 1. The number of benzene rings is 1. The van der Waals surface area contributed by atoms with Crippen LogP contribution in [0.25, 0.3) is 10.9 Å². The molecule has 0 spiro atoms. The van der Waals surface area contributed by atoms with E-state index >= 15 is 0 Å². The molecule has 31 heavy (non-hydrogen) atoms. The number of nitrogens with one attached hydrogen (secondary N) is 1. The number of aliphatic imine (C=N–C) groups is 1. The van der Waals surface area contributed by atoms with Gasteiger partial charge in [0.1, 0.15) is 5.69 Å². The first kappa shape index (κ1) is 19.7. The number of aryl methyl sites for hydroxylation is 1. The first-order valence-electron chi connectivity index (χ1n) is 10.0. The highest BCUT2D eigenvalue weighted by molar-refractivity contribution is 7.91. The first-order valence-corrected chi connectivity index (χ1v) is 12.0. The second kappa shape index (κ2) is 7.16. The van der Waals surface area contributed by atoms with Crippen LogP contribution in [0, 0.1) is 0 Å². The monoisotopic (exact) mass is 438 g/mol. The number of fused-ring (bicyclic) bond motifs is 2. The molecule has 2 aliphatic heterocycles. The van der Waals surface area contributed by atoms with Crippen LogP contribution in [0.3, 0.4) is 0 Å². The molecule has 2 aromatic heterocycles. The van der Waals surface area contributed by atoms with Gasteiger partial charge < -0.3 is 10.2 Å². The Bertz CT molecular complexity index is 1340. The van der Waals surface area contributed by atoms with Crippen LogP contribution in [0.2, 0.25) is 0 Å². The van der Waals surface area contributed by atoms with Crippen LogP contribution in [0.15, 0.2) is 41.5 Å². The van der Waals surface area contributed by atoms with Gasteiger partial charge in [0.2, 0.25) is 0 Å². The number of carbonyl (C=O) groups is 1. The number of hydrogen-bond donors (Lipinski definition) is 1. The Balaban J connectivity index is 1.41. The number of likely N-dealkylation sites (tertiary alicyclic amines) is 1. The smallest absolute Gasteiger partial charge is 0.275 e. The van der Waals surface area contributed by atoms with E-state index in [2.05, 4.69) is 20.4 Å². The van der Waals surface area contributed by atoms with Gasteiger partial charge in [-0.2, -0.15) is 5.10 Å². The average Bonchev–Trinajstić information content (AvgIpc) is 3.46. The Kier molecular flexibility index (Phi) is 4.54. The van der Waals surface area contributed by atoms with Crippen molar-refractivity contribution in [3.05, 3.63) is 53.5 Å². The van der Waals surface area contributed by atoms with Crippen molar-refractivity contribution in [3.63, 3.8) is 0 Å². The number of pyridine rings is 1. The molecule has 5 rings (SSSR count). The fraction of sp³-hybridized carbons (Fsp3) is 0.333. The van der Waals surface area contributed by atoms with Crippen molar-refractivity contribution >= 4 is 38.2 Å². The molecule has 1 fully saturated rings. The molecule has 1 atom stereocenters. The number of amides is 1. The molecule has 1 N–H and O–H groups in total. The summed E-state index contributed by atoms with van der Waals surface area (Å²) >= 11 is 0. The Morgan fingerprint density at radius 2 is 2.10 bits per heavy atom. The third kappa shape index (κ3) is 3.46. The minimum absolute atomic E-state index is 0.210. The summed E-state index contributed by atoms with van der Waals surface area (Å²) < 4.78 is 25.3. The summed E-state index contributed by atoms with van der Waals surface area (Å²) in [5.74, 6) is 0.480. The summed E-state index contributed by atoms with van der Waals surface area (Å²) in [5, 5.41) is 7.97. The van der Waals surface area contributed by atoms with Gasteiger partial charge in [-0.1, -0.05) is 6.07 Å². The molecule has 160 valence electrons. The van der Waals surface area contributed by atoms with E-state index in [1.54, 1.807) is 22.8 Å². The van der Waals surface area contributed by atoms with Gasteiger partial charge in [-0.25, -0.2) is 8.42 Å². The van der Waals surface area contributed by atoms with Crippen LogP contribution in [0.1, 0.15) is 28.2 Å². The summed E-state index contributed by atoms with van der Waals surface area (Å²) in [7, 11) is -1.38. The van der Waals surface area contributed by atoms with E-state index in [4.69, 9.17) is 0 Å². The lowest BCUT2D eigenvalue weighted by Crippen LogP contribution is -2.32. The number of amidine groups is 1. The van der Waals surface area contributed by atoms with Crippen molar-refractivity contribution < 1.29 is 13.2 Å². The fourth-order valence-corrected chi connectivity index (χ4v) is 5.14. The predicted octanol–water partition coefficient (Wildman–Crippen LogP) is 1.60. The highest BCUT2D eigenvalue weighted by Gasteiger charge is 2.34. The van der Waals surface area contributed by atoms with E-state index in [-0.39, 0.29) is 12.5 Å². The molecular weight excluding hydrogens is 416 g/mol. The van der Waals surface area contributed by atoms with Gasteiger partial charge in [0.15, 0.2) is 21.4 Å². The molecule has 4 heterocycles. The SMILES string of the molecule is Cn1nc(C(=O)N2CCC(S(C)(=O)=O)C2)c2ccc(NC3=NCc4cccnc43)cc21. The molecular formula is C21H22N6O3S. The zero-order valence-corrected chi connectivity index (χ0v) is 18.1. The van der Waals surface area contributed by atoms with Crippen molar-refractivity contribution in [2.45, 2.75) is 18.2 Å². The van der Waals surface area contributed by atoms with Gasteiger partial charge in [-0.3, -0.25) is 19.5 Å². The van der Waals surface area contributed by atoms with E-state index in [1.807, 2.05) is 30.3 Å². The van der Waals surface area contributed by atoms with Gasteiger partial charge in [0.05, 0.1) is 17.3 Å². The largest absolute Gasteiger partial charge is 0.339 e. The second-order valence-corrected chi connectivity index (χ2v) is 10.3. The third-order valence-electron chi connectivity index (χ3n) is 5.88. The molecule has 0 radical (unpaired) electrons. The van der Waals surface area contributed by atoms with Crippen LogP contribution in [-0.2, 0) is 23.4 Å². The highest BCUT2D eigenvalue weighted by Crippen LogP contribution is 2.26. The molecule has 2 aliphatic rings. The molecule has 10 heteroatoms. The molecule has 0 saturated carbocycles. The summed E-state index contributed by atoms with van der Waals surface area (Å²) in [6.07, 6.45) is 3.43. The van der Waals surface area contributed by atoms with Crippen LogP contribution < -0.4 is 5.32 Å². The minimum Gasteiger partial charge on any atom is -0.339 e. The van der Waals surface area contributed by atoms with Crippen LogP contribution in [0.5, 0.6) is 0 Å². The number of hydrogen-bond acceptors (Lipinski definition) is 7. The zero-order valence-electron chi connectivity index (χ0n) is 17.2. The lowest BCUT2D eigenvalue weighted by Gasteiger charge is -2.14. The second-order valence-electron chi connectivity index (χ2n) is 8.00. The van der Waals surface area contributed by atoms with Crippen molar-refractivity contribution in [2.75, 3.05) is 24.7 Å². The maximum atomic E-state index is 13.1. The summed E-state index contributed by atoms with van der Waals surface area (Å²) in [5.41, 5.74) is 3.89. The standard InChI is InChI=1S/C21H22N6O3S/c1-26-17-10-14(24-20-18-13(11-23-20)4-3-8-22-18)5-6-16(17)19(25-26)21(28)27-9-7-15(12-27)31(2,29)30/h3-6,8,10,15H,7,9,11-12H2,1-2H3,(H,23,24). The predicted molar refractivity (Wildman–Crippen MR) is 118 cm³/mol. The Morgan fingerprint density at radius 3 is 2.87 bits per heavy atom. The number of carbonyl (C=O) groups excluding carboxylic acids is 1. The van der Waals surface area contributed by atoms with Crippen molar-refractivity contribution in [2.24, 2.45) is 12.0 Å². The third-order valence-corrected chi connectivity index (χ3v) is 7.47.